The van der Waals surface area contributed by atoms with Gasteiger partial charge in [-0.1, -0.05) is 12.8 Å². The van der Waals surface area contributed by atoms with E-state index < -0.39 is 18.5 Å². The molecule has 3 aliphatic heterocycles. The zero-order valence-electron chi connectivity index (χ0n) is 16.3. The zero-order chi connectivity index (χ0) is 20.4. The number of hydrogen-bond donors (Lipinski definition) is 3. The van der Waals surface area contributed by atoms with Crippen LogP contribution < -0.4 is 16.0 Å². The van der Waals surface area contributed by atoms with Crippen LogP contribution in [0.15, 0.2) is 16.9 Å². The zero-order valence-corrected chi connectivity index (χ0v) is 16.3. The maximum absolute atomic E-state index is 12.9. The Bertz CT molecular complexity index is 669. The highest BCUT2D eigenvalue weighted by Gasteiger charge is 2.48. The van der Waals surface area contributed by atoms with Gasteiger partial charge in [0.1, 0.15) is 11.9 Å². The highest BCUT2D eigenvalue weighted by molar-refractivity contribution is 5.84. The van der Waals surface area contributed by atoms with Crippen LogP contribution in [0.1, 0.15) is 38.5 Å². The van der Waals surface area contributed by atoms with Crippen molar-refractivity contribution >= 4 is 12.1 Å². The van der Waals surface area contributed by atoms with Crippen molar-refractivity contribution in [3.05, 3.63) is 11.9 Å². The van der Waals surface area contributed by atoms with E-state index >= 15 is 0 Å². The van der Waals surface area contributed by atoms with E-state index in [2.05, 4.69) is 30.6 Å². The van der Waals surface area contributed by atoms with E-state index in [4.69, 9.17) is 0 Å². The number of nitrogens with one attached hydrogen (secondary N) is 3. The first kappa shape index (κ1) is 20.8. The van der Waals surface area contributed by atoms with Gasteiger partial charge in [0.2, 0.25) is 5.91 Å². The first-order valence-electron chi connectivity index (χ1n) is 10.4. The van der Waals surface area contributed by atoms with Crippen molar-refractivity contribution in [3.8, 4) is 0 Å². The van der Waals surface area contributed by atoms with Crippen molar-refractivity contribution in [2.24, 2.45) is 10.9 Å². The molecule has 162 valence electrons. The summed E-state index contributed by atoms with van der Waals surface area (Å²) in [5.41, 5.74) is 0. The minimum absolute atomic E-state index is 0.130. The quantitative estimate of drug-likeness (QED) is 0.648. The fourth-order valence-corrected chi connectivity index (χ4v) is 4.95. The van der Waals surface area contributed by atoms with Crippen molar-refractivity contribution in [3.63, 3.8) is 0 Å². The van der Waals surface area contributed by atoms with Gasteiger partial charge in [-0.25, -0.2) is 4.99 Å². The normalized spacial score (nSPS) is 35.8. The lowest BCUT2D eigenvalue weighted by Crippen LogP contribution is -2.64. The summed E-state index contributed by atoms with van der Waals surface area (Å²) in [5.74, 6) is 0.163. The van der Waals surface area contributed by atoms with E-state index in [1.165, 1.54) is 0 Å². The molecule has 4 rings (SSSR count). The third-order valence-corrected chi connectivity index (χ3v) is 6.24. The van der Waals surface area contributed by atoms with Crippen LogP contribution >= 0.6 is 0 Å². The minimum atomic E-state index is -4.62. The average Bonchev–Trinajstić information content (AvgIpc) is 3.12. The van der Waals surface area contributed by atoms with Crippen LogP contribution in [0.3, 0.4) is 0 Å². The highest BCUT2D eigenvalue weighted by Crippen LogP contribution is 2.36. The number of carbonyl (C=O) groups is 1. The molecular formula is C19H28F3N5O2. The number of piperazine rings is 1. The molecule has 5 unspecified atom stereocenters. The molecule has 1 aliphatic carbocycles. The van der Waals surface area contributed by atoms with Crippen LogP contribution in [0, 0.1) is 5.92 Å². The Labute approximate surface area is 168 Å². The van der Waals surface area contributed by atoms with E-state index in [1.54, 1.807) is 6.21 Å². The molecule has 0 aromatic heterocycles. The number of fused-ring (bicyclic) bond motifs is 1. The molecule has 3 heterocycles. The minimum Gasteiger partial charge on any atom is -0.310 e. The summed E-state index contributed by atoms with van der Waals surface area (Å²) in [7, 11) is 0. The lowest BCUT2D eigenvalue weighted by Gasteiger charge is -2.36. The Hall–Kier alpha value is -1.49. The van der Waals surface area contributed by atoms with Crippen LogP contribution in [0.4, 0.5) is 13.2 Å². The second-order valence-electron chi connectivity index (χ2n) is 8.16. The number of halogens is 3. The molecule has 0 radical (unpaired) electrons. The molecule has 29 heavy (non-hydrogen) atoms. The lowest BCUT2D eigenvalue weighted by molar-refractivity contribution is -0.351. The van der Waals surface area contributed by atoms with Crippen LogP contribution in [-0.2, 0) is 9.53 Å². The Morgan fingerprint density at radius 3 is 2.86 bits per heavy atom. The number of rotatable bonds is 4. The molecular weight excluding hydrogens is 387 g/mol. The third kappa shape index (κ3) is 4.99. The Balaban J connectivity index is 1.42. The van der Waals surface area contributed by atoms with Gasteiger partial charge in [-0.15, -0.1) is 13.2 Å². The van der Waals surface area contributed by atoms with Crippen molar-refractivity contribution in [2.45, 2.75) is 69.2 Å². The number of ether oxygens (including phenoxy) is 1. The number of aliphatic imine (C=N–C) groups is 1. The van der Waals surface area contributed by atoms with Gasteiger partial charge in [0, 0.05) is 37.8 Å². The van der Waals surface area contributed by atoms with Crippen molar-refractivity contribution in [2.75, 3.05) is 19.6 Å². The van der Waals surface area contributed by atoms with Crippen LogP contribution in [0.25, 0.3) is 0 Å². The Morgan fingerprint density at radius 2 is 2.10 bits per heavy atom. The van der Waals surface area contributed by atoms with E-state index in [0.29, 0.717) is 31.8 Å². The van der Waals surface area contributed by atoms with Crippen LogP contribution in [0.5, 0.6) is 0 Å². The molecule has 0 aromatic carbocycles. The fraction of sp³-hybridized carbons (Fsp3) is 0.789. The largest absolute Gasteiger partial charge is 0.522 e. The molecule has 7 nitrogen and oxygen atoms in total. The summed E-state index contributed by atoms with van der Waals surface area (Å²) < 4.78 is 43.0. The summed E-state index contributed by atoms with van der Waals surface area (Å²) in [6.07, 6.45) is 2.45. The number of allylic oxidation sites excluding steroid dienone is 1. The highest BCUT2D eigenvalue weighted by atomic mass is 19.4. The van der Waals surface area contributed by atoms with Crippen LogP contribution in [0.2, 0.25) is 0 Å². The predicted octanol–water partition coefficient (Wildman–Crippen LogP) is 1.48. The summed E-state index contributed by atoms with van der Waals surface area (Å²) in [5, 5.41) is 9.55. The molecule has 0 aromatic rings. The molecule has 4 aliphatic rings. The molecule has 3 N–H and O–H groups in total. The third-order valence-electron chi connectivity index (χ3n) is 6.24. The number of carbonyl (C=O) groups excluding carboxylic acids is 1. The van der Waals surface area contributed by atoms with E-state index in [-0.39, 0.29) is 24.0 Å². The van der Waals surface area contributed by atoms with Crippen LogP contribution in [-0.4, -0.2) is 67.4 Å². The van der Waals surface area contributed by atoms with E-state index in [1.807, 2.05) is 6.08 Å². The first-order valence-corrected chi connectivity index (χ1v) is 10.4. The predicted molar refractivity (Wildman–Crippen MR) is 101 cm³/mol. The second kappa shape index (κ2) is 8.71. The van der Waals surface area contributed by atoms with E-state index in [9.17, 15) is 18.0 Å². The fourth-order valence-electron chi connectivity index (χ4n) is 4.95. The molecule has 5 atom stereocenters. The number of alkyl halides is 3. The molecule has 0 spiro atoms. The number of amides is 1. The van der Waals surface area contributed by atoms with Gasteiger partial charge in [0.05, 0.1) is 12.3 Å². The standard InChI is InChI=1S/C19H28F3N5O2/c20-19(21,22)29-14-6-2-1-5-12(14)13-11-27-10-9-24-16(17(27)25-13)18(28)26-15-7-3-4-8-23-15/h7-8,12-14,16-17,24-25H,1-6,9-11H2,(H,26,28). The summed E-state index contributed by atoms with van der Waals surface area (Å²) in [6, 6.07) is -0.618. The second-order valence-corrected chi connectivity index (χ2v) is 8.16. The summed E-state index contributed by atoms with van der Waals surface area (Å²) in [6.45, 7) is 2.02. The molecule has 1 saturated carbocycles. The van der Waals surface area contributed by atoms with Gasteiger partial charge in [0.25, 0.3) is 0 Å². The maximum Gasteiger partial charge on any atom is 0.522 e. The van der Waals surface area contributed by atoms with Crippen molar-refractivity contribution in [1.82, 2.24) is 20.9 Å². The number of nitrogens with zero attached hydrogens (tertiary/aromatic N) is 2. The topological polar surface area (TPSA) is 78.0 Å². The first-order chi connectivity index (χ1) is 13.9. The molecule has 3 fully saturated rings. The van der Waals surface area contributed by atoms with Gasteiger partial charge >= 0.3 is 6.36 Å². The molecule has 1 amide bonds. The number of hydrogen-bond acceptors (Lipinski definition) is 6. The Kier molecular flexibility index (Phi) is 6.24. The molecule has 2 saturated heterocycles. The lowest BCUT2D eigenvalue weighted by atomic mass is 9.81. The van der Waals surface area contributed by atoms with Crippen molar-refractivity contribution < 1.29 is 22.7 Å². The average molecular weight is 415 g/mol. The van der Waals surface area contributed by atoms with Gasteiger partial charge < -0.3 is 10.6 Å². The van der Waals surface area contributed by atoms with E-state index in [0.717, 1.165) is 32.2 Å². The SMILES string of the molecule is O=C(NC1=CCCC=N1)C1NCCN2CC(C3CCCCC3OC(F)(F)F)NC12. The van der Waals surface area contributed by atoms with Crippen molar-refractivity contribution in [1.29, 1.82) is 0 Å². The van der Waals surface area contributed by atoms with Gasteiger partial charge in [0.15, 0.2) is 0 Å². The molecule has 0 bridgehead atoms. The smallest absolute Gasteiger partial charge is 0.310 e. The Morgan fingerprint density at radius 1 is 1.28 bits per heavy atom. The molecule has 10 heteroatoms. The summed E-state index contributed by atoms with van der Waals surface area (Å²) >= 11 is 0. The summed E-state index contributed by atoms with van der Waals surface area (Å²) in [4.78, 5) is 19.2. The maximum atomic E-state index is 12.9. The monoisotopic (exact) mass is 415 g/mol. The van der Waals surface area contributed by atoms with Gasteiger partial charge in [-0.3, -0.25) is 19.7 Å². The van der Waals surface area contributed by atoms with Gasteiger partial charge in [-0.05, 0) is 31.8 Å². The van der Waals surface area contributed by atoms with Gasteiger partial charge in [-0.2, -0.15) is 0 Å².